The van der Waals surface area contributed by atoms with Crippen LogP contribution in [-0.4, -0.2) is 32.0 Å². The summed E-state index contributed by atoms with van der Waals surface area (Å²) in [6.45, 7) is 1.80. The highest BCUT2D eigenvalue weighted by molar-refractivity contribution is 7.18. The van der Waals surface area contributed by atoms with E-state index in [1.165, 1.54) is 11.3 Å². The second-order valence-electron chi connectivity index (χ2n) is 8.28. The van der Waals surface area contributed by atoms with Crippen molar-refractivity contribution in [1.29, 1.82) is 0 Å². The Balaban J connectivity index is 1.30. The fraction of sp³-hybridized carbons (Fsp3) is 0.0769. The lowest BCUT2D eigenvalue weighted by Crippen LogP contribution is -2.37. The van der Waals surface area contributed by atoms with Crippen molar-refractivity contribution in [3.05, 3.63) is 94.9 Å². The Morgan fingerprint density at radius 1 is 1.05 bits per heavy atom. The number of halogens is 1. The monoisotopic (exact) mass is 542 g/mol. The zero-order valence-electron chi connectivity index (χ0n) is 19.8. The summed E-state index contributed by atoms with van der Waals surface area (Å²) in [5.74, 6) is -0.00609. The van der Waals surface area contributed by atoms with Gasteiger partial charge in [-0.25, -0.2) is 4.99 Å². The van der Waals surface area contributed by atoms with Crippen molar-refractivity contribution in [2.24, 2.45) is 4.99 Å². The van der Waals surface area contributed by atoms with Gasteiger partial charge in [-0.1, -0.05) is 53.3 Å². The Bertz CT molecular complexity index is 1680. The Kier molecular flexibility index (Phi) is 6.28. The van der Waals surface area contributed by atoms with Crippen LogP contribution in [0.1, 0.15) is 18.5 Å². The minimum atomic E-state index is -0.704. The van der Waals surface area contributed by atoms with Crippen molar-refractivity contribution in [3.8, 4) is 10.6 Å². The molecule has 3 aromatic heterocycles. The number of nitrogens with one attached hydrogen (secondary N) is 3. The van der Waals surface area contributed by atoms with Gasteiger partial charge in [-0.05, 0) is 37.3 Å². The average Bonchev–Trinajstić information content (AvgIpc) is 3.55. The van der Waals surface area contributed by atoms with Crippen LogP contribution in [0.4, 0.5) is 11.1 Å². The van der Waals surface area contributed by atoms with E-state index in [4.69, 9.17) is 21.0 Å². The van der Waals surface area contributed by atoms with E-state index in [2.05, 4.69) is 36.1 Å². The molecule has 3 N–H and O–H groups in total. The molecule has 4 heterocycles. The summed E-state index contributed by atoms with van der Waals surface area (Å²) in [5, 5.41) is 18.9. The smallest absolute Gasteiger partial charge is 0.302 e. The summed E-state index contributed by atoms with van der Waals surface area (Å²) in [6, 6.07) is 17.9. The number of nitrogens with zero attached hydrogens (tertiary/aromatic N) is 5. The van der Waals surface area contributed by atoms with Crippen LogP contribution in [0.5, 0.6) is 0 Å². The van der Waals surface area contributed by atoms with E-state index >= 15 is 0 Å². The number of carbonyl (C=O) groups is 1. The van der Waals surface area contributed by atoms with Crippen LogP contribution in [0.15, 0.2) is 93.7 Å². The van der Waals surface area contributed by atoms with E-state index in [1.54, 1.807) is 25.4 Å². The molecule has 1 atom stereocenters. The molecule has 0 bridgehead atoms. The molecule has 0 saturated carbocycles. The third-order valence-electron chi connectivity index (χ3n) is 5.78. The maximum Gasteiger partial charge on any atom is 0.302 e. The number of para-hydroxylation sites is 2. The number of allylic oxidation sites excluding steroid dienone is 1. The maximum absolute atomic E-state index is 13.6. The van der Waals surface area contributed by atoms with Crippen molar-refractivity contribution < 1.29 is 9.21 Å². The second kappa shape index (κ2) is 10.0. The molecule has 1 amide bonds. The Hall–Kier alpha value is -4.61. The number of hydrogen-bond acceptors (Lipinski definition) is 10. The Morgan fingerprint density at radius 3 is 2.66 bits per heavy atom. The molecule has 1 aliphatic rings. The van der Waals surface area contributed by atoms with Crippen LogP contribution < -0.4 is 16.0 Å². The molecule has 12 heteroatoms. The van der Waals surface area contributed by atoms with Gasteiger partial charge >= 0.3 is 6.01 Å². The van der Waals surface area contributed by atoms with E-state index in [0.717, 1.165) is 5.56 Å². The van der Waals surface area contributed by atoms with E-state index in [0.29, 0.717) is 49.1 Å². The molecule has 1 aliphatic heterocycles. The fourth-order valence-corrected chi connectivity index (χ4v) is 5.02. The minimum Gasteiger partial charge on any atom is -0.423 e. The number of aromatic nitrogens is 4. The van der Waals surface area contributed by atoms with Crippen molar-refractivity contribution in [2.75, 3.05) is 10.6 Å². The van der Waals surface area contributed by atoms with Crippen molar-refractivity contribution in [3.63, 3.8) is 0 Å². The summed E-state index contributed by atoms with van der Waals surface area (Å²) in [7, 11) is 0. The van der Waals surface area contributed by atoms with Crippen LogP contribution in [0, 0.1) is 0 Å². The molecule has 38 heavy (non-hydrogen) atoms. The number of guanidine groups is 1. The largest absolute Gasteiger partial charge is 0.423 e. The molecule has 0 radical (unpaired) electrons. The number of benzene rings is 2. The molecular formula is C26H19ClN8O2S. The molecule has 6 rings (SSSR count). The number of hydrogen-bond donors (Lipinski definition) is 3. The van der Waals surface area contributed by atoms with Crippen molar-refractivity contribution in [1.82, 2.24) is 25.5 Å². The first kappa shape index (κ1) is 23.8. The number of carbonyl (C=O) groups excluding carboxylic acids is 1. The van der Waals surface area contributed by atoms with Gasteiger partial charge in [-0.3, -0.25) is 20.4 Å². The van der Waals surface area contributed by atoms with Crippen LogP contribution in [0.3, 0.4) is 0 Å². The van der Waals surface area contributed by atoms with Gasteiger partial charge in [0.2, 0.25) is 11.1 Å². The summed E-state index contributed by atoms with van der Waals surface area (Å²) < 4.78 is 5.78. The molecule has 0 fully saturated rings. The van der Waals surface area contributed by atoms with Gasteiger partial charge in [-0.15, -0.1) is 10.2 Å². The predicted molar refractivity (Wildman–Crippen MR) is 147 cm³/mol. The second-order valence-corrected chi connectivity index (χ2v) is 9.66. The summed E-state index contributed by atoms with van der Waals surface area (Å²) in [6.07, 6.45) is 3.35. The number of fused-ring (bicyclic) bond motifs is 1. The van der Waals surface area contributed by atoms with Crippen molar-refractivity contribution >= 4 is 57.1 Å². The van der Waals surface area contributed by atoms with Gasteiger partial charge in [0.1, 0.15) is 16.6 Å². The van der Waals surface area contributed by atoms with Crippen LogP contribution in [0.2, 0.25) is 5.02 Å². The number of aliphatic imine (C=N–C) groups is 1. The number of anilines is 2. The van der Waals surface area contributed by atoms with Crippen LogP contribution >= 0.6 is 22.9 Å². The number of oxazole rings is 1. The Morgan fingerprint density at radius 2 is 1.84 bits per heavy atom. The summed E-state index contributed by atoms with van der Waals surface area (Å²) >= 11 is 7.81. The molecule has 188 valence electrons. The van der Waals surface area contributed by atoms with Crippen LogP contribution in [-0.2, 0) is 4.79 Å². The first-order valence-corrected chi connectivity index (χ1v) is 12.7. The van der Waals surface area contributed by atoms with Gasteiger partial charge in [-0.2, -0.15) is 4.98 Å². The van der Waals surface area contributed by atoms with Gasteiger partial charge < -0.3 is 9.73 Å². The molecule has 5 aromatic rings. The highest BCUT2D eigenvalue weighted by Crippen LogP contribution is 2.36. The highest BCUT2D eigenvalue weighted by Gasteiger charge is 2.31. The molecule has 0 spiro atoms. The SMILES string of the molecule is CC1=C(C(=O)Nc2nnc(-c3ccncc3)s2)C(c2ccccc2Cl)N=C(Nc2nc3ccccc3o2)N1. The van der Waals surface area contributed by atoms with E-state index in [-0.39, 0.29) is 11.9 Å². The van der Waals surface area contributed by atoms with Crippen LogP contribution in [0.25, 0.3) is 21.7 Å². The molecule has 0 saturated heterocycles. The Labute approximate surface area is 225 Å². The number of rotatable bonds is 5. The molecule has 10 nitrogen and oxygen atoms in total. The third kappa shape index (κ3) is 4.72. The summed E-state index contributed by atoms with van der Waals surface area (Å²) in [5.41, 5.74) is 3.86. The lowest BCUT2D eigenvalue weighted by Gasteiger charge is -2.26. The van der Waals surface area contributed by atoms with Gasteiger partial charge in [0.25, 0.3) is 5.91 Å². The predicted octanol–water partition coefficient (Wildman–Crippen LogP) is 5.42. The van der Waals surface area contributed by atoms with Crippen molar-refractivity contribution in [2.45, 2.75) is 13.0 Å². The topological polar surface area (TPSA) is 130 Å². The zero-order valence-corrected chi connectivity index (χ0v) is 21.4. The highest BCUT2D eigenvalue weighted by atomic mass is 35.5. The average molecular weight is 543 g/mol. The third-order valence-corrected chi connectivity index (χ3v) is 7.01. The van der Waals surface area contributed by atoms with Gasteiger partial charge in [0, 0.05) is 34.2 Å². The quantitative estimate of drug-likeness (QED) is 0.268. The lowest BCUT2D eigenvalue weighted by molar-refractivity contribution is -0.113. The fourth-order valence-electron chi connectivity index (χ4n) is 4.03. The first-order valence-electron chi connectivity index (χ1n) is 11.5. The molecule has 2 aromatic carbocycles. The first-order chi connectivity index (χ1) is 18.5. The van der Waals surface area contributed by atoms with E-state index in [9.17, 15) is 4.79 Å². The molecular weight excluding hydrogens is 524 g/mol. The summed E-state index contributed by atoms with van der Waals surface area (Å²) in [4.78, 5) is 26.8. The number of amides is 1. The maximum atomic E-state index is 13.6. The zero-order chi connectivity index (χ0) is 26.1. The standard InChI is InChI=1S/C26H19ClN8O2S/c1-14-20(22(36)32-26-35-34-23(38-26)15-10-12-28-13-11-15)21(16-6-2-3-7-17(16)27)31-24(29-14)33-25-30-18-8-4-5-9-19(18)37-25/h2-13,21H,1H3,(H,32,35,36)(H2,29,30,31,33). The van der Waals surface area contributed by atoms with E-state index < -0.39 is 6.04 Å². The lowest BCUT2D eigenvalue weighted by atomic mass is 9.95. The van der Waals surface area contributed by atoms with E-state index in [1.807, 2.05) is 54.6 Å². The normalized spacial score (nSPS) is 15.2. The van der Waals surface area contributed by atoms with Gasteiger partial charge in [0.15, 0.2) is 5.58 Å². The molecule has 1 unspecified atom stereocenters. The minimum absolute atomic E-state index is 0.272. The number of pyridine rings is 1. The molecule has 0 aliphatic carbocycles. The van der Waals surface area contributed by atoms with Gasteiger partial charge in [0.05, 0.1) is 5.57 Å².